The highest BCUT2D eigenvalue weighted by Crippen LogP contribution is 2.27. The lowest BCUT2D eigenvalue weighted by atomic mass is 10.2. The van der Waals surface area contributed by atoms with Gasteiger partial charge >= 0.3 is 11.9 Å². The Labute approximate surface area is 143 Å². The van der Waals surface area contributed by atoms with Crippen LogP contribution in [0.4, 0.5) is 0 Å². The molecule has 24 heavy (non-hydrogen) atoms. The molecule has 8 heteroatoms. The number of thiophene rings is 1. The highest BCUT2D eigenvalue weighted by molar-refractivity contribution is 7.20. The molecular weight excluding hydrogens is 332 g/mol. The summed E-state index contributed by atoms with van der Waals surface area (Å²) < 4.78 is 11.4. The summed E-state index contributed by atoms with van der Waals surface area (Å²) in [5.74, 6) is -0.966. The number of aryl methyl sites for hydroxylation is 1. The standard InChI is InChI=1S/C16H20N2O5S/c1-5-6-22-11(19)7-18-8-17-14-12(15(18)20)10(4)13(24-14)16(21)23-9(2)3/h8-9H,5-7H2,1-4H3. The van der Waals surface area contributed by atoms with Crippen LogP contribution in [0, 0.1) is 6.92 Å². The Morgan fingerprint density at radius 1 is 1.38 bits per heavy atom. The van der Waals surface area contributed by atoms with E-state index in [4.69, 9.17) is 9.47 Å². The SMILES string of the molecule is CCCOC(=O)Cn1cnc2sc(C(=O)OC(C)C)c(C)c2c1=O. The Morgan fingerprint density at radius 2 is 2.08 bits per heavy atom. The Morgan fingerprint density at radius 3 is 2.71 bits per heavy atom. The monoisotopic (exact) mass is 352 g/mol. The van der Waals surface area contributed by atoms with Gasteiger partial charge in [-0.25, -0.2) is 9.78 Å². The van der Waals surface area contributed by atoms with Gasteiger partial charge in [0.1, 0.15) is 16.3 Å². The molecule has 0 bridgehead atoms. The minimum absolute atomic E-state index is 0.206. The summed E-state index contributed by atoms with van der Waals surface area (Å²) >= 11 is 1.11. The second kappa shape index (κ2) is 7.57. The van der Waals surface area contributed by atoms with Crippen molar-refractivity contribution in [3.63, 3.8) is 0 Å². The molecule has 0 spiro atoms. The molecule has 2 heterocycles. The molecular formula is C16H20N2O5S. The largest absolute Gasteiger partial charge is 0.464 e. The first-order valence-corrected chi connectivity index (χ1v) is 8.51. The Bertz CT molecular complexity index is 822. The molecule has 0 aliphatic rings. The molecule has 0 amide bonds. The first kappa shape index (κ1) is 18.1. The molecule has 2 aromatic rings. The van der Waals surface area contributed by atoms with Crippen LogP contribution >= 0.6 is 11.3 Å². The summed E-state index contributed by atoms with van der Waals surface area (Å²) in [5.41, 5.74) is 0.153. The van der Waals surface area contributed by atoms with Crippen LogP contribution in [-0.2, 0) is 20.8 Å². The van der Waals surface area contributed by atoms with Crippen LogP contribution in [-0.4, -0.2) is 34.2 Å². The van der Waals surface area contributed by atoms with Crippen molar-refractivity contribution in [1.29, 1.82) is 0 Å². The molecule has 130 valence electrons. The van der Waals surface area contributed by atoms with Crippen molar-refractivity contribution in [1.82, 2.24) is 9.55 Å². The third-order valence-corrected chi connectivity index (χ3v) is 4.39. The Kier molecular flexibility index (Phi) is 5.71. The summed E-state index contributed by atoms with van der Waals surface area (Å²) in [6, 6.07) is 0. The van der Waals surface area contributed by atoms with Crippen LogP contribution in [0.25, 0.3) is 10.2 Å². The summed E-state index contributed by atoms with van der Waals surface area (Å²) in [7, 11) is 0. The van der Waals surface area contributed by atoms with Gasteiger partial charge in [0, 0.05) is 0 Å². The second-order valence-electron chi connectivity index (χ2n) is 5.59. The summed E-state index contributed by atoms with van der Waals surface area (Å²) in [5, 5.41) is 0.335. The second-order valence-corrected chi connectivity index (χ2v) is 6.59. The van der Waals surface area contributed by atoms with Crippen LogP contribution in [0.2, 0.25) is 0 Å². The average molecular weight is 352 g/mol. The summed E-state index contributed by atoms with van der Waals surface area (Å²) in [6.07, 6.45) is 1.76. The number of carbonyl (C=O) groups excluding carboxylic acids is 2. The van der Waals surface area contributed by atoms with Crippen molar-refractivity contribution in [3.05, 3.63) is 27.1 Å². The predicted octanol–water partition coefficient (Wildman–Crippen LogP) is 2.28. The van der Waals surface area contributed by atoms with Gasteiger partial charge in [-0.2, -0.15) is 0 Å². The maximum Gasteiger partial charge on any atom is 0.348 e. The van der Waals surface area contributed by atoms with Crippen LogP contribution < -0.4 is 5.56 Å². The van der Waals surface area contributed by atoms with E-state index in [1.165, 1.54) is 10.9 Å². The van der Waals surface area contributed by atoms with Crippen LogP contribution in [0.1, 0.15) is 42.4 Å². The fraction of sp³-hybridized carbons (Fsp3) is 0.500. The predicted molar refractivity (Wildman–Crippen MR) is 90.4 cm³/mol. The molecule has 0 saturated heterocycles. The van der Waals surface area contributed by atoms with Crippen molar-refractivity contribution < 1.29 is 19.1 Å². The smallest absolute Gasteiger partial charge is 0.348 e. The van der Waals surface area contributed by atoms with E-state index in [1.807, 2.05) is 6.92 Å². The normalized spacial score (nSPS) is 11.0. The van der Waals surface area contributed by atoms with Gasteiger partial charge < -0.3 is 9.47 Å². The Balaban J connectivity index is 2.38. The fourth-order valence-electron chi connectivity index (χ4n) is 2.13. The third-order valence-electron chi connectivity index (χ3n) is 3.21. The van der Waals surface area contributed by atoms with Gasteiger partial charge in [0.2, 0.25) is 0 Å². The van der Waals surface area contributed by atoms with E-state index in [0.717, 1.165) is 11.3 Å². The molecule has 0 aliphatic heterocycles. The first-order chi connectivity index (χ1) is 11.3. The molecule has 2 rings (SSSR count). The lowest BCUT2D eigenvalue weighted by Crippen LogP contribution is -2.25. The topological polar surface area (TPSA) is 87.5 Å². The molecule has 2 aromatic heterocycles. The number of rotatable bonds is 6. The van der Waals surface area contributed by atoms with Crippen LogP contribution in [0.15, 0.2) is 11.1 Å². The van der Waals surface area contributed by atoms with Gasteiger partial charge in [0.15, 0.2) is 0 Å². The van der Waals surface area contributed by atoms with E-state index < -0.39 is 11.9 Å². The lowest BCUT2D eigenvalue weighted by molar-refractivity contribution is -0.144. The van der Waals surface area contributed by atoms with Gasteiger partial charge in [-0.05, 0) is 32.8 Å². The van der Waals surface area contributed by atoms with Gasteiger partial charge in [-0.1, -0.05) is 6.92 Å². The van der Waals surface area contributed by atoms with Crippen molar-refractivity contribution in [2.45, 2.75) is 46.8 Å². The van der Waals surface area contributed by atoms with Crippen molar-refractivity contribution in [2.75, 3.05) is 6.61 Å². The van der Waals surface area contributed by atoms with Gasteiger partial charge in [-0.3, -0.25) is 14.2 Å². The van der Waals surface area contributed by atoms with E-state index in [9.17, 15) is 14.4 Å². The number of carbonyl (C=O) groups is 2. The average Bonchev–Trinajstić information content (AvgIpc) is 2.85. The molecule has 0 radical (unpaired) electrons. The number of hydrogen-bond acceptors (Lipinski definition) is 7. The van der Waals surface area contributed by atoms with Gasteiger partial charge in [-0.15, -0.1) is 11.3 Å². The number of ether oxygens (including phenoxy) is 2. The zero-order chi connectivity index (χ0) is 17.9. The van der Waals surface area contributed by atoms with Crippen molar-refractivity contribution in [3.8, 4) is 0 Å². The zero-order valence-electron chi connectivity index (χ0n) is 14.1. The van der Waals surface area contributed by atoms with Gasteiger partial charge in [0.05, 0.1) is 24.4 Å². The van der Waals surface area contributed by atoms with E-state index >= 15 is 0 Å². The molecule has 0 atom stereocenters. The number of esters is 2. The quantitative estimate of drug-likeness (QED) is 0.741. The van der Waals surface area contributed by atoms with E-state index in [2.05, 4.69) is 4.98 Å². The van der Waals surface area contributed by atoms with Crippen molar-refractivity contribution in [2.24, 2.45) is 0 Å². The van der Waals surface area contributed by atoms with E-state index in [-0.39, 0.29) is 18.2 Å². The third kappa shape index (κ3) is 3.81. The number of aromatic nitrogens is 2. The molecule has 0 unspecified atom stereocenters. The molecule has 0 saturated carbocycles. The number of nitrogens with zero attached hydrogens (tertiary/aromatic N) is 2. The molecule has 0 fully saturated rings. The highest BCUT2D eigenvalue weighted by atomic mass is 32.1. The fourth-order valence-corrected chi connectivity index (χ4v) is 3.16. The van der Waals surface area contributed by atoms with Crippen LogP contribution in [0.5, 0.6) is 0 Å². The molecule has 0 aliphatic carbocycles. The zero-order valence-corrected chi connectivity index (χ0v) is 14.9. The Hall–Kier alpha value is -2.22. The molecule has 0 aromatic carbocycles. The number of hydrogen-bond donors (Lipinski definition) is 0. The first-order valence-electron chi connectivity index (χ1n) is 7.70. The molecule has 0 N–H and O–H groups in total. The highest BCUT2D eigenvalue weighted by Gasteiger charge is 2.21. The summed E-state index contributed by atoms with van der Waals surface area (Å²) in [4.78, 5) is 41.4. The summed E-state index contributed by atoms with van der Waals surface area (Å²) in [6.45, 7) is 7.19. The maximum atomic E-state index is 12.6. The maximum absolute atomic E-state index is 12.6. The van der Waals surface area contributed by atoms with E-state index in [1.54, 1.807) is 20.8 Å². The lowest BCUT2D eigenvalue weighted by Gasteiger charge is -2.06. The van der Waals surface area contributed by atoms with Crippen molar-refractivity contribution >= 4 is 33.5 Å². The van der Waals surface area contributed by atoms with E-state index in [0.29, 0.717) is 33.7 Å². The molecule has 7 nitrogen and oxygen atoms in total. The number of fused-ring (bicyclic) bond motifs is 1. The minimum Gasteiger partial charge on any atom is -0.464 e. The minimum atomic E-state index is -0.493. The van der Waals surface area contributed by atoms with Crippen LogP contribution in [0.3, 0.4) is 0 Å². The van der Waals surface area contributed by atoms with Gasteiger partial charge in [0.25, 0.3) is 5.56 Å².